The van der Waals surface area contributed by atoms with Crippen molar-refractivity contribution in [2.24, 2.45) is 5.41 Å². The Bertz CT molecular complexity index is 1030. The smallest absolute Gasteiger partial charge is 0.253 e. The lowest BCUT2D eigenvalue weighted by Gasteiger charge is -2.53. The molecule has 5 rings (SSSR count). The highest BCUT2D eigenvalue weighted by molar-refractivity contribution is 9.10. The second kappa shape index (κ2) is 9.36. The number of carbonyl (C=O) groups is 2. The van der Waals surface area contributed by atoms with Crippen molar-refractivity contribution in [3.63, 3.8) is 0 Å². The van der Waals surface area contributed by atoms with Gasteiger partial charge in [0.15, 0.2) is 0 Å². The summed E-state index contributed by atoms with van der Waals surface area (Å²) in [5.41, 5.74) is 14.5. The fraction of sp³-hybridized carbons (Fsp3) is 0.333. The Morgan fingerprint density at radius 1 is 0.909 bits per heavy atom. The number of hydrazine groups is 3. The zero-order chi connectivity index (χ0) is 22.8. The number of hydrogen-bond donors (Lipinski definition) is 4. The molecular weight excluding hydrogens is 484 g/mol. The van der Waals surface area contributed by atoms with Crippen molar-refractivity contribution in [2.75, 3.05) is 26.2 Å². The number of benzene rings is 2. The van der Waals surface area contributed by atoms with Gasteiger partial charge < -0.3 is 9.80 Å². The quantitative estimate of drug-likeness (QED) is 0.472. The monoisotopic (exact) mass is 510 g/mol. The van der Waals surface area contributed by atoms with Crippen LogP contribution in [-0.4, -0.2) is 47.8 Å². The van der Waals surface area contributed by atoms with E-state index in [-0.39, 0.29) is 23.4 Å². The summed E-state index contributed by atoms with van der Waals surface area (Å²) in [4.78, 5) is 29.3. The summed E-state index contributed by atoms with van der Waals surface area (Å²) in [7, 11) is 0. The van der Waals surface area contributed by atoms with E-state index in [0.717, 1.165) is 54.6 Å². The lowest BCUT2D eigenvalue weighted by molar-refractivity contribution is -0.140. The molecule has 0 aromatic heterocycles. The van der Waals surface area contributed by atoms with E-state index in [4.69, 9.17) is 0 Å². The summed E-state index contributed by atoms with van der Waals surface area (Å²) in [6, 6.07) is 15.5. The first-order chi connectivity index (χ1) is 16.0. The van der Waals surface area contributed by atoms with Crippen molar-refractivity contribution < 1.29 is 9.59 Å². The molecule has 4 N–H and O–H groups in total. The molecule has 2 aromatic carbocycles. The lowest BCUT2D eigenvalue weighted by Crippen LogP contribution is -2.62. The highest BCUT2D eigenvalue weighted by Crippen LogP contribution is 2.40. The largest absolute Gasteiger partial charge is 0.339 e. The molecule has 0 radical (unpaired) electrons. The molecule has 9 heteroatoms. The molecule has 1 spiro atoms. The Morgan fingerprint density at radius 3 is 2.18 bits per heavy atom. The van der Waals surface area contributed by atoms with Crippen LogP contribution in [0.1, 0.15) is 40.5 Å². The molecule has 3 saturated heterocycles. The molecule has 2 amide bonds. The fourth-order valence-electron chi connectivity index (χ4n) is 4.69. The van der Waals surface area contributed by atoms with E-state index in [0.29, 0.717) is 5.56 Å². The molecular formula is C24H27BrN6O2. The van der Waals surface area contributed by atoms with Crippen LogP contribution in [-0.2, 0) is 4.79 Å². The first-order valence-corrected chi connectivity index (χ1v) is 11.9. The second-order valence-electron chi connectivity index (χ2n) is 8.97. The SMILES string of the molecule is O=C(/C=C/c1ccc(Br)cc1)N1CC2(CCN(C(=O)c3ccc(C4NNNN4)cc3)CC2)C1. The minimum absolute atomic E-state index is 0.0435. The number of amides is 2. The van der Waals surface area contributed by atoms with E-state index in [9.17, 15) is 9.59 Å². The molecule has 2 aromatic rings. The van der Waals surface area contributed by atoms with Crippen molar-refractivity contribution >= 4 is 33.8 Å². The summed E-state index contributed by atoms with van der Waals surface area (Å²) in [5.74, 6) is 0.128. The molecule has 0 aliphatic carbocycles. The van der Waals surface area contributed by atoms with Gasteiger partial charge >= 0.3 is 0 Å². The van der Waals surface area contributed by atoms with Crippen LogP contribution in [0.2, 0.25) is 0 Å². The normalized spacial score (nSPS) is 20.4. The van der Waals surface area contributed by atoms with Gasteiger partial charge in [-0.25, -0.2) is 10.9 Å². The minimum atomic E-state index is -0.0435. The first kappa shape index (κ1) is 22.2. The average Bonchev–Trinajstić information content (AvgIpc) is 3.37. The molecule has 172 valence electrons. The summed E-state index contributed by atoms with van der Waals surface area (Å²) < 4.78 is 1.02. The van der Waals surface area contributed by atoms with Crippen molar-refractivity contribution in [3.8, 4) is 0 Å². The van der Waals surface area contributed by atoms with E-state index in [1.807, 2.05) is 64.4 Å². The van der Waals surface area contributed by atoms with Gasteiger partial charge in [-0.2, -0.15) is 11.1 Å². The zero-order valence-electron chi connectivity index (χ0n) is 18.2. The van der Waals surface area contributed by atoms with E-state index in [2.05, 4.69) is 37.9 Å². The Labute approximate surface area is 201 Å². The van der Waals surface area contributed by atoms with Crippen LogP contribution in [0.4, 0.5) is 0 Å². The predicted molar refractivity (Wildman–Crippen MR) is 129 cm³/mol. The van der Waals surface area contributed by atoms with Crippen LogP contribution >= 0.6 is 15.9 Å². The van der Waals surface area contributed by atoms with Gasteiger partial charge in [0.05, 0.1) is 0 Å². The highest BCUT2D eigenvalue weighted by Gasteiger charge is 2.46. The maximum absolute atomic E-state index is 13.0. The molecule has 0 saturated carbocycles. The maximum Gasteiger partial charge on any atom is 0.253 e. The summed E-state index contributed by atoms with van der Waals surface area (Å²) in [6.07, 6.45) is 5.34. The van der Waals surface area contributed by atoms with Crippen LogP contribution in [0.25, 0.3) is 6.08 Å². The Morgan fingerprint density at radius 2 is 1.55 bits per heavy atom. The first-order valence-electron chi connectivity index (χ1n) is 11.1. The molecule has 0 bridgehead atoms. The molecule has 3 aliphatic rings. The number of carbonyl (C=O) groups excluding carboxylic acids is 2. The van der Waals surface area contributed by atoms with Gasteiger partial charge in [0.25, 0.3) is 5.91 Å². The molecule has 8 nitrogen and oxygen atoms in total. The van der Waals surface area contributed by atoms with Crippen LogP contribution < -0.4 is 21.9 Å². The predicted octanol–water partition coefficient (Wildman–Crippen LogP) is 2.34. The molecule has 0 unspecified atom stereocenters. The number of likely N-dealkylation sites (tertiary alicyclic amines) is 2. The van der Waals surface area contributed by atoms with Gasteiger partial charge in [-0.15, -0.1) is 0 Å². The van der Waals surface area contributed by atoms with Crippen LogP contribution in [0.15, 0.2) is 59.1 Å². The number of hydrogen-bond acceptors (Lipinski definition) is 6. The maximum atomic E-state index is 13.0. The highest BCUT2D eigenvalue weighted by atomic mass is 79.9. The van der Waals surface area contributed by atoms with Gasteiger partial charge in [-0.3, -0.25) is 9.59 Å². The number of piperidine rings is 1. The second-order valence-corrected chi connectivity index (χ2v) is 9.88. The topological polar surface area (TPSA) is 88.7 Å². The fourth-order valence-corrected chi connectivity index (χ4v) is 4.95. The Kier molecular flexibility index (Phi) is 6.31. The van der Waals surface area contributed by atoms with Crippen molar-refractivity contribution in [3.05, 3.63) is 75.8 Å². The minimum Gasteiger partial charge on any atom is -0.339 e. The zero-order valence-corrected chi connectivity index (χ0v) is 19.8. The molecule has 3 aliphatic heterocycles. The van der Waals surface area contributed by atoms with E-state index >= 15 is 0 Å². The third-order valence-electron chi connectivity index (χ3n) is 6.75. The third kappa shape index (κ3) is 4.87. The number of halogens is 1. The summed E-state index contributed by atoms with van der Waals surface area (Å²) in [5, 5.41) is 0. The van der Waals surface area contributed by atoms with Crippen LogP contribution in [0, 0.1) is 5.41 Å². The molecule has 3 fully saturated rings. The third-order valence-corrected chi connectivity index (χ3v) is 7.28. The number of nitrogens with one attached hydrogen (secondary N) is 4. The van der Waals surface area contributed by atoms with Gasteiger partial charge in [0.2, 0.25) is 5.91 Å². The van der Waals surface area contributed by atoms with Crippen molar-refractivity contribution in [2.45, 2.75) is 19.0 Å². The molecule has 0 atom stereocenters. The van der Waals surface area contributed by atoms with Crippen LogP contribution in [0.5, 0.6) is 0 Å². The van der Waals surface area contributed by atoms with E-state index in [1.165, 1.54) is 0 Å². The Hall–Kier alpha value is -2.56. The number of nitrogens with zero attached hydrogens (tertiary/aromatic N) is 2. The van der Waals surface area contributed by atoms with Crippen molar-refractivity contribution in [1.29, 1.82) is 0 Å². The van der Waals surface area contributed by atoms with Crippen LogP contribution in [0.3, 0.4) is 0 Å². The Balaban J connectivity index is 1.10. The lowest BCUT2D eigenvalue weighted by atomic mass is 9.72. The number of rotatable bonds is 4. The average molecular weight is 511 g/mol. The standard InChI is InChI=1S/C24H27BrN6O2/c25-20-8-1-17(2-9-20)3-10-21(32)31-15-24(16-31)11-13-30(14-12-24)23(33)19-6-4-18(5-7-19)22-26-28-29-27-22/h1-10,22,26-29H,11-16H2/b10-3+. The van der Waals surface area contributed by atoms with Gasteiger partial charge in [-0.1, -0.05) is 40.2 Å². The van der Waals surface area contributed by atoms with E-state index in [1.54, 1.807) is 6.08 Å². The summed E-state index contributed by atoms with van der Waals surface area (Å²) >= 11 is 3.42. The van der Waals surface area contributed by atoms with Gasteiger partial charge in [0.1, 0.15) is 6.17 Å². The molecule has 3 heterocycles. The van der Waals surface area contributed by atoms with Crippen molar-refractivity contribution in [1.82, 2.24) is 31.7 Å². The summed E-state index contributed by atoms with van der Waals surface area (Å²) in [6.45, 7) is 3.02. The molecule has 33 heavy (non-hydrogen) atoms. The van der Waals surface area contributed by atoms with Gasteiger partial charge in [-0.05, 0) is 54.3 Å². The van der Waals surface area contributed by atoms with Gasteiger partial charge in [0, 0.05) is 47.7 Å². The van der Waals surface area contributed by atoms with E-state index < -0.39 is 0 Å².